The number of hydrogen-bond donors (Lipinski definition) is 3. The van der Waals surface area contributed by atoms with E-state index in [1.54, 1.807) is 24.3 Å². The molecule has 0 saturated carbocycles. The Balaban J connectivity index is 0.00000225. The Morgan fingerprint density at radius 1 is 1.31 bits per heavy atom. The van der Waals surface area contributed by atoms with Crippen molar-refractivity contribution in [2.24, 2.45) is 11.5 Å². The van der Waals surface area contributed by atoms with Crippen molar-refractivity contribution in [1.29, 1.82) is 0 Å². The summed E-state index contributed by atoms with van der Waals surface area (Å²) in [4.78, 5) is 10.6. The van der Waals surface area contributed by atoms with Gasteiger partial charge in [-0.05, 0) is 37.1 Å². The quantitative estimate of drug-likeness (QED) is 0.733. The van der Waals surface area contributed by atoms with Gasteiger partial charge in [-0.1, -0.05) is 12.1 Å². The molecule has 1 atom stereocenters. The number of carbonyl (C=O) groups is 1. The van der Waals surface area contributed by atoms with Gasteiger partial charge in [0.05, 0.1) is 5.56 Å². The van der Waals surface area contributed by atoms with Crippen LogP contribution in [0.3, 0.4) is 0 Å². The van der Waals surface area contributed by atoms with Gasteiger partial charge in [0.25, 0.3) is 0 Å². The molecule has 0 aromatic heterocycles. The van der Waals surface area contributed by atoms with Crippen molar-refractivity contribution in [2.45, 2.75) is 18.9 Å². The van der Waals surface area contributed by atoms with Crippen LogP contribution in [0.1, 0.15) is 34.8 Å². The number of rotatable bonds is 5. The first-order chi connectivity index (χ1) is 7.15. The van der Waals surface area contributed by atoms with Gasteiger partial charge in [0, 0.05) is 6.04 Å². The van der Waals surface area contributed by atoms with Crippen molar-refractivity contribution in [2.75, 3.05) is 6.54 Å². The van der Waals surface area contributed by atoms with E-state index >= 15 is 0 Å². The van der Waals surface area contributed by atoms with Crippen molar-refractivity contribution in [1.82, 2.24) is 0 Å². The molecule has 0 amide bonds. The number of benzene rings is 1. The minimum Gasteiger partial charge on any atom is -0.478 e. The zero-order chi connectivity index (χ0) is 11.3. The summed E-state index contributed by atoms with van der Waals surface area (Å²) >= 11 is 0. The third kappa shape index (κ3) is 4.18. The van der Waals surface area contributed by atoms with Crippen LogP contribution in [-0.4, -0.2) is 17.6 Å². The minimum absolute atomic E-state index is 0. The molecule has 0 radical (unpaired) electrons. The van der Waals surface area contributed by atoms with Crippen LogP contribution in [0.2, 0.25) is 0 Å². The predicted molar refractivity (Wildman–Crippen MR) is 65.9 cm³/mol. The van der Waals surface area contributed by atoms with Gasteiger partial charge in [0.2, 0.25) is 0 Å². The second kappa shape index (κ2) is 7.22. The first-order valence-corrected chi connectivity index (χ1v) is 4.94. The molecule has 0 aliphatic rings. The zero-order valence-electron chi connectivity index (χ0n) is 8.93. The van der Waals surface area contributed by atoms with Crippen LogP contribution in [0.5, 0.6) is 0 Å². The standard InChI is InChI=1S/C11H16N2O2.ClH/c12-7-1-2-10(13)8-3-5-9(6-4-8)11(14)15;/h3-6,10H,1-2,7,12-13H2,(H,14,15);1H/t10-;/m1./s1. The molecule has 0 heterocycles. The summed E-state index contributed by atoms with van der Waals surface area (Å²) in [6.07, 6.45) is 1.70. The Morgan fingerprint density at radius 2 is 1.88 bits per heavy atom. The summed E-state index contributed by atoms with van der Waals surface area (Å²) in [7, 11) is 0. The third-order valence-electron chi connectivity index (χ3n) is 2.31. The lowest BCUT2D eigenvalue weighted by Gasteiger charge is -2.11. The topological polar surface area (TPSA) is 89.3 Å². The fourth-order valence-electron chi connectivity index (χ4n) is 1.38. The average molecular weight is 245 g/mol. The first-order valence-electron chi connectivity index (χ1n) is 4.94. The highest BCUT2D eigenvalue weighted by molar-refractivity contribution is 5.87. The maximum atomic E-state index is 10.6. The first kappa shape index (κ1) is 14.9. The highest BCUT2D eigenvalue weighted by Crippen LogP contribution is 2.16. The van der Waals surface area contributed by atoms with Crippen molar-refractivity contribution >= 4 is 18.4 Å². The van der Waals surface area contributed by atoms with Gasteiger partial charge in [0.15, 0.2) is 0 Å². The highest BCUT2D eigenvalue weighted by Gasteiger charge is 2.07. The molecular weight excluding hydrogens is 228 g/mol. The van der Waals surface area contributed by atoms with Crippen molar-refractivity contribution in [3.63, 3.8) is 0 Å². The molecule has 0 spiro atoms. The van der Waals surface area contributed by atoms with Crippen LogP contribution >= 0.6 is 12.4 Å². The van der Waals surface area contributed by atoms with E-state index in [0.29, 0.717) is 6.54 Å². The molecule has 90 valence electrons. The van der Waals surface area contributed by atoms with Gasteiger partial charge in [-0.2, -0.15) is 0 Å². The van der Waals surface area contributed by atoms with Crippen LogP contribution in [0, 0.1) is 0 Å². The molecule has 1 aromatic rings. The fraction of sp³-hybridized carbons (Fsp3) is 0.364. The molecule has 4 nitrogen and oxygen atoms in total. The van der Waals surface area contributed by atoms with E-state index in [2.05, 4.69) is 0 Å². The van der Waals surface area contributed by atoms with E-state index in [1.807, 2.05) is 0 Å². The Labute approximate surface area is 101 Å². The third-order valence-corrected chi connectivity index (χ3v) is 2.31. The maximum absolute atomic E-state index is 10.6. The molecule has 0 saturated heterocycles. The number of carboxylic acids is 1. The average Bonchev–Trinajstić information content (AvgIpc) is 2.26. The molecule has 1 rings (SSSR count). The van der Waals surface area contributed by atoms with Gasteiger partial charge in [-0.15, -0.1) is 12.4 Å². The van der Waals surface area contributed by atoms with Crippen LogP contribution < -0.4 is 11.5 Å². The number of nitrogens with two attached hydrogens (primary N) is 2. The highest BCUT2D eigenvalue weighted by atomic mass is 35.5. The molecular formula is C11H17ClN2O2. The lowest BCUT2D eigenvalue weighted by Crippen LogP contribution is -2.12. The van der Waals surface area contributed by atoms with E-state index in [1.165, 1.54) is 0 Å². The fourth-order valence-corrected chi connectivity index (χ4v) is 1.38. The summed E-state index contributed by atoms with van der Waals surface area (Å²) in [5.41, 5.74) is 12.5. The summed E-state index contributed by atoms with van der Waals surface area (Å²) in [6, 6.07) is 6.59. The molecule has 5 N–H and O–H groups in total. The Morgan fingerprint density at radius 3 is 2.31 bits per heavy atom. The number of aromatic carboxylic acids is 1. The van der Waals surface area contributed by atoms with Crippen molar-refractivity contribution < 1.29 is 9.90 Å². The zero-order valence-corrected chi connectivity index (χ0v) is 9.74. The van der Waals surface area contributed by atoms with Crippen LogP contribution in [0.4, 0.5) is 0 Å². The smallest absolute Gasteiger partial charge is 0.335 e. The molecule has 0 unspecified atom stereocenters. The van der Waals surface area contributed by atoms with Gasteiger partial charge >= 0.3 is 5.97 Å². The summed E-state index contributed by atoms with van der Waals surface area (Å²) < 4.78 is 0. The molecule has 1 aromatic carbocycles. The van der Waals surface area contributed by atoms with Gasteiger partial charge in [-0.3, -0.25) is 0 Å². The molecule has 0 bridgehead atoms. The lowest BCUT2D eigenvalue weighted by atomic mass is 10.0. The van der Waals surface area contributed by atoms with E-state index in [4.69, 9.17) is 16.6 Å². The van der Waals surface area contributed by atoms with Crippen LogP contribution in [0.25, 0.3) is 0 Å². The molecule has 16 heavy (non-hydrogen) atoms. The maximum Gasteiger partial charge on any atom is 0.335 e. The van der Waals surface area contributed by atoms with Crippen LogP contribution in [-0.2, 0) is 0 Å². The molecule has 0 aliphatic carbocycles. The minimum atomic E-state index is -0.919. The lowest BCUT2D eigenvalue weighted by molar-refractivity contribution is 0.0697. The Hall–Kier alpha value is -1.10. The van der Waals surface area contributed by atoms with E-state index in [-0.39, 0.29) is 24.0 Å². The largest absolute Gasteiger partial charge is 0.478 e. The van der Waals surface area contributed by atoms with Gasteiger partial charge in [-0.25, -0.2) is 4.79 Å². The predicted octanol–water partition coefficient (Wildman–Crippen LogP) is 1.55. The van der Waals surface area contributed by atoms with Crippen LogP contribution in [0.15, 0.2) is 24.3 Å². The number of carboxylic acid groups (broad SMARTS) is 1. The molecule has 5 heteroatoms. The Bertz CT molecular complexity index is 327. The SMILES string of the molecule is Cl.NCCC[C@@H](N)c1ccc(C(=O)O)cc1. The van der Waals surface area contributed by atoms with Gasteiger partial charge in [0.1, 0.15) is 0 Å². The monoisotopic (exact) mass is 244 g/mol. The van der Waals surface area contributed by atoms with E-state index in [9.17, 15) is 4.79 Å². The second-order valence-electron chi connectivity index (χ2n) is 3.46. The van der Waals surface area contributed by atoms with Crippen molar-refractivity contribution in [3.05, 3.63) is 35.4 Å². The normalized spacial score (nSPS) is 11.6. The number of hydrogen-bond acceptors (Lipinski definition) is 3. The van der Waals surface area contributed by atoms with E-state index in [0.717, 1.165) is 18.4 Å². The van der Waals surface area contributed by atoms with E-state index < -0.39 is 5.97 Å². The molecule has 0 aliphatic heterocycles. The van der Waals surface area contributed by atoms with Crippen molar-refractivity contribution in [3.8, 4) is 0 Å². The molecule has 0 fully saturated rings. The summed E-state index contributed by atoms with van der Waals surface area (Å²) in [6.45, 7) is 0.626. The van der Waals surface area contributed by atoms with Gasteiger partial charge < -0.3 is 16.6 Å². The summed E-state index contributed by atoms with van der Waals surface area (Å²) in [5, 5.41) is 8.71. The number of halogens is 1. The summed E-state index contributed by atoms with van der Waals surface area (Å²) in [5.74, 6) is -0.919. The Kier molecular flexibility index (Phi) is 6.72. The second-order valence-corrected chi connectivity index (χ2v) is 3.46.